The Balaban J connectivity index is 0.000000443. The van der Waals surface area contributed by atoms with Crippen LogP contribution in [0.5, 0.6) is 0 Å². The molecule has 0 fully saturated rings. The molecular formula is C14H6CrN2O8. The summed E-state index contributed by atoms with van der Waals surface area (Å²) in [6.07, 6.45) is 2.33. The number of nitrogens with zero attached hydrogens (tertiary/aromatic N) is 2. The molecule has 0 saturated carbocycles. The van der Waals surface area contributed by atoms with Crippen LogP contribution < -0.4 is 20.4 Å². The van der Waals surface area contributed by atoms with Crippen molar-refractivity contribution in [1.82, 2.24) is 9.97 Å². The molecule has 0 aliphatic carbocycles. The fraction of sp³-hybridized carbons (Fsp3) is 0. The molecule has 2 rings (SSSR count). The van der Waals surface area contributed by atoms with E-state index < -0.39 is 46.4 Å². The third-order valence-electron chi connectivity index (χ3n) is 2.44. The monoisotopic (exact) mass is 382 g/mol. The van der Waals surface area contributed by atoms with Crippen LogP contribution in [0.1, 0.15) is 41.7 Å². The van der Waals surface area contributed by atoms with Gasteiger partial charge in [-0.2, -0.15) is 0 Å². The maximum absolute atomic E-state index is 10.3. The van der Waals surface area contributed by atoms with E-state index in [0.29, 0.717) is 0 Å². The number of carbonyl (C=O) groups is 4. The van der Waals surface area contributed by atoms with Gasteiger partial charge in [0.15, 0.2) is 0 Å². The van der Waals surface area contributed by atoms with Gasteiger partial charge in [0.1, 0.15) is 0 Å². The van der Waals surface area contributed by atoms with Crippen LogP contribution in [-0.4, -0.2) is 33.8 Å². The van der Waals surface area contributed by atoms with E-state index in [2.05, 4.69) is 9.97 Å². The zero-order valence-corrected chi connectivity index (χ0v) is 13.3. The first-order valence-electron chi connectivity index (χ1n) is 6.01. The number of rotatable bonds is 4. The molecule has 0 spiro atoms. The van der Waals surface area contributed by atoms with E-state index in [1.165, 1.54) is 12.1 Å². The Bertz CT molecular complexity index is 675. The van der Waals surface area contributed by atoms with Crippen molar-refractivity contribution in [1.29, 1.82) is 0 Å². The summed E-state index contributed by atoms with van der Waals surface area (Å²) >= 11 is 0. The molecule has 0 saturated heterocycles. The van der Waals surface area contributed by atoms with Gasteiger partial charge in [-0.1, -0.05) is 0 Å². The largest absolute Gasteiger partial charge is 4.00 e. The number of carboxylic acids is 4. The van der Waals surface area contributed by atoms with E-state index in [1.54, 1.807) is 0 Å². The van der Waals surface area contributed by atoms with Gasteiger partial charge < -0.3 is 39.6 Å². The number of carboxylic acid groups (broad SMARTS) is 4. The number of aromatic carboxylic acids is 4. The van der Waals surface area contributed by atoms with Crippen LogP contribution in [-0.2, 0) is 17.4 Å². The number of aromatic nitrogens is 2. The third-order valence-corrected chi connectivity index (χ3v) is 2.44. The molecule has 0 atom stereocenters. The number of hydrogen-bond acceptors (Lipinski definition) is 10. The van der Waals surface area contributed by atoms with Crippen molar-refractivity contribution in [3.63, 3.8) is 0 Å². The van der Waals surface area contributed by atoms with E-state index in [4.69, 9.17) is 0 Å². The van der Waals surface area contributed by atoms with Gasteiger partial charge in [-0.15, -0.1) is 0 Å². The van der Waals surface area contributed by atoms with Crippen molar-refractivity contribution < 1.29 is 57.0 Å². The van der Waals surface area contributed by atoms with Crippen LogP contribution in [0.3, 0.4) is 0 Å². The fourth-order valence-electron chi connectivity index (χ4n) is 1.47. The molecule has 0 aliphatic heterocycles. The molecule has 0 aliphatic rings. The van der Waals surface area contributed by atoms with E-state index >= 15 is 0 Å². The standard InChI is InChI=1S/2C7H5NO4.Cr/c2*9-6(10)4-2-1-3-8-5(4)7(11)12;/h2*1-3H,(H,9,10)(H,11,12);/q;;+4/p-4. The molecule has 2 heterocycles. The second-order valence-electron chi connectivity index (χ2n) is 3.95. The van der Waals surface area contributed by atoms with Crippen molar-refractivity contribution in [2.45, 2.75) is 0 Å². The third kappa shape index (κ3) is 6.02. The molecule has 11 heteroatoms. The number of hydrogen-bond donors (Lipinski definition) is 0. The van der Waals surface area contributed by atoms with E-state index in [9.17, 15) is 39.6 Å². The van der Waals surface area contributed by atoms with E-state index in [1.807, 2.05) is 0 Å². The smallest absolute Gasteiger partial charge is 0.545 e. The van der Waals surface area contributed by atoms with E-state index in [0.717, 1.165) is 24.5 Å². The van der Waals surface area contributed by atoms with Crippen molar-refractivity contribution in [2.24, 2.45) is 0 Å². The Labute approximate surface area is 150 Å². The Morgan fingerprint density at radius 2 is 0.960 bits per heavy atom. The number of carbonyl (C=O) groups excluding carboxylic acids is 4. The molecule has 126 valence electrons. The Kier molecular flexibility index (Phi) is 8.48. The Morgan fingerprint density at radius 1 is 0.640 bits per heavy atom. The summed E-state index contributed by atoms with van der Waals surface area (Å²) in [5, 5.41) is 41.1. The molecule has 2 aromatic heterocycles. The van der Waals surface area contributed by atoms with Gasteiger partial charge in [-0.25, -0.2) is 0 Å². The second-order valence-corrected chi connectivity index (χ2v) is 3.95. The summed E-state index contributed by atoms with van der Waals surface area (Å²) in [6.45, 7) is 0. The first-order chi connectivity index (χ1) is 11.3. The van der Waals surface area contributed by atoms with Crippen LogP contribution in [0.2, 0.25) is 0 Å². The van der Waals surface area contributed by atoms with Gasteiger partial charge >= 0.3 is 17.4 Å². The van der Waals surface area contributed by atoms with Crippen molar-refractivity contribution in [3.8, 4) is 0 Å². The minimum Gasteiger partial charge on any atom is -0.545 e. The molecule has 2 aromatic rings. The zero-order valence-electron chi connectivity index (χ0n) is 12.0. The molecule has 0 amide bonds. The SMILES string of the molecule is O=C([O-])c1cccnc1C(=O)[O-].O=C([O-])c1cccnc1C(=O)[O-].[Cr+4]. The zero-order chi connectivity index (χ0) is 18.3. The topological polar surface area (TPSA) is 186 Å². The first-order valence-corrected chi connectivity index (χ1v) is 6.01. The average Bonchev–Trinajstić information content (AvgIpc) is 2.55. The Hall–Kier alpha value is -3.29. The van der Waals surface area contributed by atoms with Gasteiger partial charge in [0.05, 0.1) is 35.3 Å². The van der Waals surface area contributed by atoms with Gasteiger partial charge in [0.25, 0.3) is 0 Å². The van der Waals surface area contributed by atoms with Gasteiger partial charge in [0, 0.05) is 23.5 Å². The molecule has 0 bridgehead atoms. The minimum atomic E-state index is -1.63. The summed E-state index contributed by atoms with van der Waals surface area (Å²) < 4.78 is 0. The van der Waals surface area contributed by atoms with Gasteiger partial charge in [-0.05, 0) is 24.3 Å². The summed E-state index contributed by atoms with van der Waals surface area (Å²) in [4.78, 5) is 47.7. The second kappa shape index (κ2) is 9.76. The quantitative estimate of drug-likeness (QED) is 0.500. The van der Waals surface area contributed by atoms with Crippen LogP contribution in [0.4, 0.5) is 0 Å². The molecule has 0 radical (unpaired) electrons. The van der Waals surface area contributed by atoms with Crippen LogP contribution >= 0.6 is 0 Å². The fourth-order valence-corrected chi connectivity index (χ4v) is 1.47. The molecule has 25 heavy (non-hydrogen) atoms. The summed E-state index contributed by atoms with van der Waals surface area (Å²) in [5.74, 6) is -6.42. The van der Waals surface area contributed by atoms with E-state index in [-0.39, 0.29) is 17.4 Å². The van der Waals surface area contributed by atoms with Crippen LogP contribution in [0.25, 0.3) is 0 Å². The Morgan fingerprint density at radius 3 is 1.16 bits per heavy atom. The average molecular weight is 382 g/mol. The normalized spacial score (nSPS) is 8.96. The summed E-state index contributed by atoms with van der Waals surface area (Å²) in [6, 6.07) is 4.79. The van der Waals surface area contributed by atoms with Crippen LogP contribution in [0.15, 0.2) is 36.7 Å². The van der Waals surface area contributed by atoms with Crippen molar-refractivity contribution in [3.05, 3.63) is 59.2 Å². The van der Waals surface area contributed by atoms with Crippen LogP contribution in [0, 0.1) is 0 Å². The maximum atomic E-state index is 10.3. The maximum Gasteiger partial charge on any atom is 4.00 e. The molecule has 0 aromatic carbocycles. The summed E-state index contributed by atoms with van der Waals surface area (Å²) in [5.41, 5.74) is -2.18. The first kappa shape index (κ1) is 21.7. The van der Waals surface area contributed by atoms with Crippen molar-refractivity contribution in [2.75, 3.05) is 0 Å². The summed E-state index contributed by atoms with van der Waals surface area (Å²) in [7, 11) is 0. The van der Waals surface area contributed by atoms with Gasteiger partial charge in [-0.3, -0.25) is 9.97 Å². The predicted molar refractivity (Wildman–Crippen MR) is 65.8 cm³/mol. The molecule has 0 unspecified atom stereocenters. The minimum absolute atomic E-state index is 0. The number of pyridine rings is 2. The molecule has 10 nitrogen and oxygen atoms in total. The van der Waals surface area contributed by atoms with Gasteiger partial charge in [0.2, 0.25) is 0 Å². The molecular weight excluding hydrogens is 376 g/mol. The van der Waals surface area contributed by atoms with Crippen molar-refractivity contribution >= 4 is 23.9 Å². The molecule has 0 N–H and O–H groups in total. The predicted octanol–water partition coefficient (Wildman–Crippen LogP) is -4.39.